The lowest BCUT2D eigenvalue weighted by atomic mass is 9.47. The van der Waals surface area contributed by atoms with Gasteiger partial charge in [0, 0.05) is 19.5 Å². The van der Waals surface area contributed by atoms with Gasteiger partial charge in [0.05, 0.1) is 6.42 Å². The maximum Gasteiger partial charge on any atom is 0.307 e. The summed E-state index contributed by atoms with van der Waals surface area (Å²) in [6.45, 7) is 14.6. The van der Waals surface area contributed by atoms with Crippen molar-refractivity contribution in [2.45, 2.75) is 124 Å². The number of fused-ring (bicyclic) bond motifs is 5. The summed E-state index contributed by atoms with van der Waals surface area (Å²) in [4.78, 5) is 12.6. The molecule has 4 aliphatic rings. The van der Waals surface area contributed by atoms with Crippen LogP contribution in [0.15, 0.2) is 11.6 Å². The lowest BCUT2D eigenvalue weighted by molar-refractivity contribution is -0.151. The number of hydrogen-bond donors (Lipinski definition) is 4. The number of hydrogen-bond acceptors (Lipinski definition) is 4. The van der Waals surface area contributed by atoms with Crippen LogP contribution in [0.25, 0.3) is 0 Å². The quantitative estimate of drug-likeness (QED) is 0.0658. The van der Waals surface area contributed by atoms with Crippen LogP contribution < -0.4 is 16.4 Å². The van der Waals surface area contributed by atoms with Gasteiger partial charge in [0.2, 0.25) is 0 Å². The summed E-state index contributed by atoms with van der Waals surface area (Å²) in [5, 5.41) is 13.3. The molecule has 0 aromatic heterocycles. The maximum absolute atomic E-state index is 12.6. The third-order valence-corrected chi connectivity index (χ3v) is 11.9. The van der Waals surface area contributed by atoms with E-state index in [0.717, 1.165) is 67.7 Å². The van der Waals surface area contributed by atoms with Crippen molar-refractivity contribution in [3.63, 3.8) is 0 Å². The summed E-state index contributed by atoms with van der Waals surface area (Å²) in [5.41, 5.74) is 7.71. The second kappa shape index (κ2) is 13.6. The molecule has 0 spiro atoms. The van der Waals surface area contributed by atoms with Gasteiger partial charge in [-0.3, -0.25) is 10.2 Å². The molecular weight excluding hydrogens is 496 g/mol. The average Bonchev–Trinajstić information content (AvgIpc) is 3.25. The summed E-state index contributed by atoms with van der Waals surface area (Å²) >= 11 is 0. The summed E-state index contributed by atoms with van der Waals surface area (Å²) in [5.74, 6) is 5.06. The average molecular weight is 557 g/mol. The molecule has 228 valence electrons. The fourth-order valence-electron chi connectivity index (χ4n) is 9.75. The van der Waals surface area contributed by atoms with Gasteiger partial charge in [0.1, 0.15) is 6.10 Å². The van der Waals surface area contributed by atoms with Gasteiger partial charge >= 0.3 is 5.97 Å². The first kappa shape index (κ1) is 31.4. The highest BCUT2D eigenvalue weighted by molar-refractivity contribution is 5.74. The van der Waals surface area contributed by atoms with Crippen molar-refractivity contribution < 1.29 is 9.53 Å². The number of nitrogens with two attached hydrogens (primary N) is 1. The van der Waals surface area contributed by atoms with E-state index >= 15 is 0 Å². The Kier molecular flexibility index (Phi) is 10.7. The zero-order valence-corrected chi connectivity index (χ0v) is 26.3. The van der Waals surface area contributed by atoms with E-state index in [2.05, 4.69) is 51.3 Å². The van der Waals surface area contributed by atoms with Crippen molar-refractivity contribution in [1.82, 2.24) is 10.6 Å². The minimum atomic E-state index is -0.0785. The first-order valence-corrected chi connectivity index (χ1v) is 16.7. The highest BCUT2D eigenvalue weighted by atomic mass is 16.5. The van der Waals surface area contributed by atoms with Gasteiger partial charge in [0.15, 0.2) is 5.96 Å². The third kappa shape index (κ3) is 7.07. The normalized spacial score (nSPS) is 35.8. The zero-order chi connectivity index (χ0) is 28.9. The molecule has 3 fully saturated rings. The number of carbonyl (C=O) groups excluding carboxylic acids is 1. The molecule has 5 N–H and O–H groups in total. The van der Waals surface area contributed by atoms with Crippen LogP contribution >= 0.6 is 0 Å². The first-order chi connectivity index (χ1) is 19.0. The molecule has 4 aliphatic carbocycles. The van der Waals surface area contributed by atoms with Crippen LogP contribution in [-0.2, 0) is 9.53 Å². The molecule has 0 aliphatic heterocycles. The molecule has 1 unspecified atom stereocenters. The zero-order valence-electron chi connectivity index (χ0n) is 26.3. The largest absolute Gasteiger partial charge is 0.462 e. The van der Waals surface area contributed by atoms with E-state index in [4.69, 9.17) is 15.9 Å². The molecule has 0 aromatic carbocycles. The Morgan fingerprint density at radius 1 is 1.05 bits per heavy atom. The van der Waals surface area contributed by atoms with E-state index in [1.54, 1.807) is 5.57 Å². The van der Waals surface area contributed by atoms with Crippen LogP contribution in [0.1, 0.15) is 118 Å². The molecule has 0 saturated heterocycles. The van der Waals surface area contributed by atoms with Crippen molar-refractivity contribution in [2.24, 2.45) is 52.1 Å². The topological polar surface area (TPSA) is 100 Å². The number of esters is 1. The van der Waals surface area contributed by atoms with Crippen LogP contribution in [0, 0.1) is 51.7 Å². The van der Waals surface area contributed by atoms with Gasteiger partial charge in [-0.2, -0.15) is 0 Å². The van der Waals surface area contributed by atoms with E-state index in [1.807, 2.05) is 0 Å². The molecular formula is C34H60N4O2. The number of guanidine groups is 1. The van der Waals surface area contributed by atoms with Gasteiger partial charge in [-0.15, -0.1) is 0 Å². The number of allylic oxidation sites excluding steroid dienone is 1. The smallest absolute Gasteiger partial charge is 0.307 e. The van der Waals surface area contributed by atoms with Gasteiger partial charge in [0.25, 0.3) is 0 Å². The second-order valence-electron chi connectivity index (χ2n) is 14.8. The molecule has 0 amide bonds. The molecule has 0 bridgehead atoms. The Morgan fingerprint density at radius 3 is 2.60 bits per heavy atom. The SMILES string of the molecule is CC(C)CCC[C@@H](C)[C@H]1CC[C@H]2C3CC=C4C[C@@H](OC(=O)CCNCCCNC(=N)N)CC[C@]4(C)[C@H]3CC[C@]12C. The van der Waals surface area contributed by atoms with E-state index in [9.17, 15) is 4.79 Å². The first-order valence-electron chi connectivity index (χ1n) is 16.7. The fraction of sp³-hybridized carbons (Fsp3) is 0.882. The summed E-state index contributed by atoms with van der Waals surface area (Å²) in [6, 6.07) is 0. The lowest BCUT2D eigenvalue weighted by Crippen LogP contribution is -2.51. The third-order valence-electron chi connectivity index (χ3n) is 11.9. The van der Waals surface area contributed by atoms with Gasteiger partial charge in [-0.25, -0.2) is 0 Å². The van der Waals surface area contributed by atoms with Crippen LogP contribution in [-0.4, -0.2) is 37.7 Å². The van der Waals surface area contributed by atoms with Gasteiger partial charge in [-0.05, 0) is 104 Å². The lowest BCUT2D eigenvalue weighted by Gasteiger charge is -2.58. The van der Waals surface area contributed by atoms with Crippen molar-refractivity contribution in [2.75, 3.05) is 19.6 Å². The molecule has 0 radical (unpaired) electrons. The summed E-state index contributed by atoms with van der Waals surface area (Å²) in [7, 11) is 0. The molecule has 0 heterocycles. The second-order valence-corrected chi connectivity index (χ2v) is 14.8. The molecule has 8 atom stereocenters. The number of carbonyl (C=O) groups is 1. The monoisotopic (exact) mass is 556 g/mol. The number of rotatable bonds is 13. The Bertz CT molecular complexity index is 902. The fourth-order valence-corrected chi connectivity index (χ4v) is 9.75. The maximum atomic E-state index is 12.6. The molecule has 6 heteroatoms. The van der Waals surface area contributed by atoms with Crippen LogP contribution in [0.4, 0.5) is 0 Å². The number of nitrogens with one attached hydrogen (secondary N) is 3. The number of ether oxygens (including phenoxy) is 1. The summed E-state index contributed by atoms with van der Waals surface area (Å²) in [6.07, 6.45) is 18.1. The van der Waals surface area contributed by atoms with Crippen molar-refractivity contribution in [1.29, 1.82) is 5.41 Å². The molecule has 4 rings (SSSR count). The minimum Gasteiger partial charge on any atom is -0.462 e. The Morgan fingerprint density at radius 2 is 1.85 bits per heavy atom. The van der Waals surface area contributed by atoms with E-state index in [0.29, 0.717) is 30.3 Å². The highest BCUT2D eigenvalue weighted by Gasteiger charge is 2.59. The van der Waals surface area contributed by atoms with Crippen molar-refractivity contribution >= 4 is 11.9 Å². The van der Waals surface area contributed by atoms with Crippen molar-refractivity contribution in [3.8, 4) is 0 Å². The van der Waals surface area contributed by atoms with E-state index < -0.39 is 0 Å². The van der Waals surface area contributed by atoms with Crippen LogP contribution in [0.2, 0.25) is 0 Å². The molecule has 3 saturated carbocycles. The Balaban J connectivity index is 1.27. The Hall–Kier alpha value is -1.56. The molecule has 0 aromatic rings. The Labute approximate surface area is 244 Å². The predicted molar refractivity (Wildman–Crippen MR) is 165 cm³/mol. The van der Waals surface area contributed by atoms with Gasteiger partial charge in [-0.1, -0.05) is 65.5 Å². The van der Waals surface area contributed by atoms with Crippen LogP contribution in [0.5, 0.6) is 0 Å². The van der Waals surface area contributed by atoms with Crippen LogP contribution in [0.3, 0.4) is 0 Å². The molecule has 6 nitrogen and oxygen atoms in total. The van der Waals surface area contributed by atoms with E-state index in [1.165, 1.54) is 51.4 Å². The highest BCUT2D eigenvalue weighted by Crippen LogP contribution is 2.67. The standard InChI is InChI=1S/C34H60N4O2/c1-23(2)8-6-9-24(3)28-12-13-29-27-11-10-25-22-26(14-17-33(25,4)30(27)15-18-34(28,29)5)40-31(39)16-21-37-19-7-20-38-32(35)36/h10,23-24,26-30,37H,6-9,11-22H2,1-5H3,(H4,35,36,38)/t24-,26+,27?,28-,29+,30+,33+,34-/m1/s1. The molecule has 40 heavy (non-hydrogen) atoms. The van der Waals surface area contributed by atoms with E-state index in [-0.39, 0.29) is 18.0 Å². The minimum absolute atomic E-state index is 0.00225. The predicted octanol–water partition coefficient (Wildman–Crippen LogP) is 6.79. The summed E-state index contributed by atoms with van der Waals surface area (Å²) < 4.78 is 5.98. The van der Waals surface area contributed by atoms with Crippen molar-refractivity contribution in [3.05, 3.63) is 11.6 Å². The van der Waals surface area contributed by atoms with Gasteiger partial charge < -0.3 is 21.1 Å².